The third-order valence-electron chi connectivity index (χ3n) is 2.35. The normalized spacial score (nSPS) is 10.3. The van der Waals surface area contributed by atoms with Crippen LogP contribution in [0.4, 0.5) is 10.1 Å². The van der Waals surface area contributed by atoms with Gasteiger partial charge >= 0.3 is 0 Å². The van der Waals surface area contributed by atoms with Crippen LogP contribution in [-0.2, 0) is 0 Å². The minimum atomic E-state index is -0.366. The Morgan fingerprint density at radius 3 is 2.58 bits per heavy atom. The van der Waals surface area contributed by atoms with Gasteiger partial charge in [0.2, 0.25) is 0 Å². The SMILES string of the molecule is O=C(Nc1ccc(F)c(Br)c1)c1cc(Br)ccc1I. The molecule has 0 heterocycles. The zero-order valence-corrected chi connectivity index (χ0v) is 14.7. The molecule has 0 radical (unpaired) electrons. The number of carbonyl (C=O) groups is 1. The van der Waals surface area contributed by atoms with Crippen molar-refractivity contribution in [2.75, 3.05) is 5.32 Å². The number of halogens is 4. The predicted molar refractivity (Wildman–Crippen MR) is 88.9 cm³/mol. The number of nitrogens with one attached hydrogen (secondary N) is 1. The number of hydrogen-bond acceptors (Lipinski definition) is 1. The molecule has 2 aromatic carbocycles. The average molecular weight is 499 g/mol. The Bertz CT molecular complexity index is 649. The van der Waals surface area contributed by atoms with E-state index in [1.54, 1.807) is 6.07 Å². The van der Waals surface area contributed by atoms with E-state index in [1.165, 1.54) is 18.2 Å². The quantitative estimate of drug-likeness (QED) is 0.566. The monoisotopic (exact) mass is 497 g/mol. The van der Waals surface area contributed by atoms with Crippen LogP contribution in [0.5, 0.6) is 0 Å². The highest BCUT2D eigenvalue weighted by molar-refractivity contribution is 14.1. The van der Waals surface area contributed by atoms with E-state index in [1.807, 2.05) is 12.1 Å². The summed E-state index contributed by atoms with van der Waals surface area (Å²) in [6.45, 7) is 0. The second-order valence-electron chi connectivity index (χ2n) is 3.71. The van der Waals surface area contributed by atoms with Crippen LogP contribution in [0, 0.1) is 9.39 Å². The third kappa shape index (κ3) is 3.76. The van der Waals surface area contributed by atoms with E-state index in [9.17, 15) is 9.18 Å². The molecule has 19 heavy (non-hydrogen) atoms. The van der Waals surface area contributed by atoms with E-state index in [2.05, 4.69) is 59.8 Å². The first-order valence-electron chi connectivity index (χ1n) is 5.19. The van der Waals surface area contributed by atoms with Crippen LogP contribution in [0.3, 0.4) is 0 Å². The van der Waals surface area contributed by atoms with Gasteiger partial charge in [0.15, 0.2) is 0 Å². The van der Waals surface area contributed by atoms with E-state index >= 15 is 0 Å². The lowest BCUT2D eigenvalue weighted by molar-refractivity contribution is 0.102. The first kappa shape index (κ1) is 14.9. The van der Waals surface area contributed by atoms with Crippen molar-refractivity contribution in [3.63, 3.8) is 0 Å². The molecule has 0 atom stereocenters. The fraction of sp³-hybridized carbons (Fsp3) is 0. The molecule has 0 aliphatic rings. The summed E-state index contributed by atoms with van der Waals surface area (Å²) in [7, 11) is 0. The molecule has 0 aliphatic carbocycles. The van der Waals surface area contributed by atoms with Gasteiger partial charge in [0.1, 0.15) is 5.82 Å². The van der Waals surface area contributed by atoms with Gasteiger partial charge in [-0.25, -0.2) is 4.39 Å². The largest absolute Gasteiger partial charge is 0.322 e. The first-order chi connectivity index (χ1) is 8.97. The van der Waals surface area contributed by atoms with Crippen LogP contribution in [0.25, 0.3) is 0 Å². The summed E-state index contributed by atoms with van der Waals surface area (Å²) in [5.41, 5.74) is 1.10. The van der Waals surface area contributed by atoms with Crippen LogP contribution in [0.1, 0.15) is 10.4 Å². The molecule has 0 spiro atoms. The Hall–Kier alpha value is -0.470. The smallest absolute Gasteiger partial charge is 0.256 e. The molecule has 0 fully saturated rings. The third-order valence-corrected chi connectivity index (χ3v) is 4.39. The van der Waals surface area contributed by atoms with Gasteiger partial charge in [-0.2, -0.15) is 0 Å². The van der Waals surface area contributed by atoms with E-state index in [0.717, 1.165) is 8.04 Å². The standard InChI is InChI=1S/C13H7Br2FINO/c14-7-1-4-12(17)9(5-7)13(19)18-8-2-3-11(16)10(15)6-8/h1-6H,(H,18,19). The highest BCUT2D eigenvalue weighted by Gasteiger charge is 2.11. The molecule has 0 bridgehead atoms. The minimum Gasteiger partial charge on any atom is -0.322 e. The lowest BCUT2D eigenvalue weighted by atomic mass is 10.2. The highest BCUT2D eigenvalue weighted by Crippen LogP contribution is 2.22. The summed E-state index contributed by atoms with van der Waals surface area (Å²) in [6, 6.07) is 9.80. The van der Waals surface area contributed by atoms with Gasteiger partial charge in [-0.05, 0) is 74.9 Å². The number of anilines is 1. The van der Waals surface area contributed by atoms with Gasteiger partial charge < -0.3 is 5.32 Å². The number of rotatable bonds is 2. The number of hydrogen-bond donors (Lipinski definition) is 1. The summed E-state index contributed by atoms with van der Waals surface area (Å²) in [5.74, 6) is -0.598. The van der Waals surface area contributed by atoms with Crippen LogP contribution in [-0.4, -0.2) is 5.91 Å². The maximum Gasteiger partial charge on any atom is 0.256 e. The van der Waals surface area contributed by atoms with Crippen molar-refractivity contribution in [2.24, 2.45) is 0 Å². The van der Waals surface area contributed by atoms with Crippen molar-refractivity contribution in [2.45, 2.75) is 0 Å². The summed E-state index contributed by atoms with van der Waals surface area (Å²) in [5, 5.41) is 2.73. The molecule has 2 rings (SSSR count). The van der Waals surface area contributed by atoms with E-state index in [0.29, 0.717) is 15.7 Å². The molecule has 6 heteroatoms. The Kier molecular flexibility index (Phi) is 4.97. The summed E-state index contributed by atoms with van der Waals surface area (Å²) in [4.78, 5) is 12.1. The summed E-state index contributed by atoms with van der Waals surface area (Å²) >= 11 is 8.51. The fourth-order valence-corrected chi connectivity index (χ4v) is 2.76. The van der Waals surface area contributed by atoms with Crippen LogP contribution in [0.2, 0.25) is 0 Å². The molecular weight excluding hydrogens is 492 g/mol. The lowest BCUT2D eigenvalue weighted by Gasteiger charge is -2.08. The maximum absolute atomic E-state index is 13.1. The number of benzene rings is 2. The molecule has 0 aromatic heterocycles. The fourth-order valence-electron chi connectivity index (χ4n) is 1.44. The molecular formula is C13H7Br2FINO. The Labute approximate surface area is 140 Å². The van der Waals surface area contributed by atoms with Gasteiger partial charge in [-0.1, -0.05) is 15.9 Å². The molecule has 0 saturated carbocycles. The summed E-state index contributed by atoms with van der Waals surface area (Å²) in [6.07, 6.45) is 0. The molecule has 1 amide bonds. The lowest BCUT2D eigenvalue weighted by Crippen LogP contribution is -2.13. The van der Waals surface area contributed by atoms with Crippen molar-refractivity contribution in [3.8, 4) is 0 Å². The second-order valence-corrected chi connectivity index (χ2v) is 6.64. The van der Waals surface area contributed by atoms with E-state index in [-0.39, 0.29) is 11.7 Å². The average Bonchev–Trinajstić information content (AvgIpc) is 2.36. The van der Waals surface area contributed by atoms with E-state index in [4.69, 9.17) is 0 Å². The topological polar surface area (TPSA) is 29.1 Å². The number of carbonyl (C=O) groups excluding carboxylic acids is 1. The molecule has 0 unspecified atom stereocenters. The first-order valence-corrected chi connectivity index (χ1v) is 7.85. The Balaban J connectivity index is 2.25. The molecule has 2 aromatic rings. The van der Waals surface area contributed by atoms with Gasteiger partial charge in [0.25, 0.3) is 5.91 Å². The zero-order valence-electron chi connectivity index (χ0n) is 9.38. The van der Waals surface area contributed by atoms with Gasteiger partial charge in [0.05, 0.1) is 10.0 Å². The van der Waals surface area contributed by atoms with Crippen molar-refractivity contribution in [3.05, 3.63) is 60.3 Å². The second kappa shape index (κ2) is 6.32. The minimum absolute atomic E-state index is 0.232. The van der Waals surface area contributed by atoms with Crippen LogP contribution < -0.4 is 5.32 Å². The highest BCUT2D eigenvalue weighted by atomic mass is 127. The van der Waals surface area contributed by atoms with Gasteiger partial charge in [-0.15, -0.1) is 0 Å². The summed E-state index contributed by atoms with van der Waals surface area (Å²) < 4.78 is 15.1. The Morgan fingerprint density at radius 1 is 1.16 bits per heavy atom. The number of amides is 1. The van der Waals surface area contributed by atoms with Crippen molar-refractivity contribution >= 4 is 66.0 Å². The van der Waals surface area contributed by atoms with Crippen molar-refractivity contribution < 1.29 is 9.18 Å². The predicted octanol–water partition coefficient (Wildman–Crippen LogP) is 5.21. The van der Waals surface area contributed by atoms with E-state index < -0.39 is 0 Å². The molecule has 2 nitrogen and oxygen atoms in total. The van der Waals surface area contributed by atoms with Gasteiger partial charge in [0, 0.05) is 13.7 Å². The van der Waals surface area contributed by atoms with Crippen LogP contribution >= 0.6 is 54.5 Å². The zero-order chi connectivity index (χ0) is 14.0. The molecule has 0 aliphatic heterocycles. The molecule has 1 N–H and O–H groups in total. The van der Waals surface area contributed by atoms with Crippen molar-refractivity contribution in [1.29, 1.82) is 0 Å². The Morgan fingerprint density at radius 2 is 1.89 bits per heavy atom. The maximum atomic E-state index is 13.1. The molecule has 98 valence electrons. The van der Waals surface area contributed by atoms with Crippen LogP contribution in [0.15, 0.2) is 45.3 Å². The molecule has 0 saturated heterocycles. The van der Waals surface area contributed by atoms with Crippen molar-refractivity contribution in [1.82, 2.24) is 0 Å². The van der Waals surface area contributed by atoms with Gasteiger partial charge in [-0.3, -0.25) is 4.79 Å².